The normalized spacial score (nSPS) is 10.4. The topological polar surface area (TPSA) is 48.1 Å². The van der Waals surface area contributed by atoms with E-state index in [0.717, 1.165) is 16.5 Å². The molecular weight excluding hydrogens is 176 g/mol. The summed E-state index contributed by atoms with van der Waals surface area (Å²) in [7, 11) is 0. The molecular formula is C11H12N2O. The molecule has 3 nitrogen and oxygen atoms in total. The Hall–Kier alpha value is -1.61. The van der Waals surface area contributed by atoms with E-state index in [9.17, 15) is 0 Å². The van der Waals surface area contributed by atoms with Gasteiger partial charge in [-0.2, -0.15) is 0 Å². The molecule has 0 radical (unpaired) electrons. The van der Waals surface area contributed by atoms with Gasteiger partial charge in [0, 0.05) is 29.7 Å². The van der Waals surface area contributed by atoms with Crippen LogP contribution in [0, 0.1) is 0 Å². The Morgan fingerprint density at radius 3 is 3.07 bits per heavy atom. The molecule has 1 aromatic heterocycles. The first-order chi connectivity index (χ1) is 6.92. The van der Waals surface area contributed by atoms with Crippen LogP contribution >= 0.6 is 0 Å². The summed E-state index contributed by atoms with van der Waals surface area (Å²) in [5.41, 5.74) is 5.38. The van der Waals surface area contributed by atoms with Crippen molar-refractivity contribution >= 4 is 10.8 Å². The summed E-state index contributed by atoms with van der Waals surface area (Å²) >= 11 is 0. The van der Waals surface area contributed by atoms with Crippen LogP contribution in [0.5, 0.6) is 5.75 Å². The molecule has 0 atom stereocenters. The maximum absolute atomic E-state index is 5.52. The van der Waals surface area contributed by atoms with Crippen molar-refractivity contribution in [1.82, 2.24) is 4.98 Å². The predicted octanol–water partition coefficient (Wildman–Crippen LogP) is 1.57. The van der Waals surface area contributed by atoms with Gasteiger partial charge < -0.3 is 10.5 Å². The molecule has 1 heterocycles. The molecule has 2 rings (SSSR count). The zero-order chi connectivity index (χ0) is 9.80. The molecule has 0 aliphatic heterocycles. The first kappa shape index (κ1) is 8.97. The SMILES string of the molecule is NCCOc1cccc2cnccc12. The van der Waals surface area contributed by atoms with E-state index >= 15 is 0 Å². The Bertz CT molecular complexity index is 423. The number of hydrogen-bond donors (Lipinski definition) is 1. The van der Waals surface area contributed by atoms with Gasteiger partial charge in [0.05, 0.1) is 0 Å². The van der Waals surface area contributed by atoms with E-state index in [0.29, 0.717) is 13.2 Å². The van der Waals surface area contributed by atoms with E-state index in [2.05, 4.69) is 4.98 Å². The van der Waals surface area contributed by atoms with Crippen molar-refractivity contribution in [3.8, 4) is 5.75 Å². The summed E-state index contributed by atoms with van der Waals surface area (Å²) in [5.74, 6) is 0.871. The average molecular weight is 188 g/mol. The molecule has 0 aliphatic carbocycles. The second-order valence-electron chi connectivity index (χ2n) is 2.99. The summed E-state index contributed by atoms with van der Waals surface area (Å²) in [5, 5.41) is 2.16. The molecule has 0 amide bonds. The van der Waals surface area contributed by atoms with E-state index in [1.54, 1.807) is 6.20 Å². The number of nitrogens with zero attached hydrogens (tertiary/aromatic N) is 1. The van der Waals surface area contributed by atoms with Gasteiger partial charge in [-0.1, -0.05) is 12.1 Å². The monoisotopic (exact) mass is 188 g/mol. The van der Waals surface area contributed by atoms with Gasteiger partial charge in [-0.05, 0) is 12.1 Å². The molecule has 0 saturated heterocycles. The third-order valence-corrected chi connectivity index (χ3v) is 2.02. The highest BCUT2D eigenvalue weighted by Gasteiger charge is 1.99. The second-order valence-corrected chi connectivity index (χ2v) is 2.99. The third-order valence-electron chi connectivity index (χ3n) is 2.02. The highest BCUT2D eigenvalue weighted by atomic mass is 16.5. The van der Waals surface area contributed by atoms with E-state index in [-0.39, 0.29) is 0 Å². The van der Waals surface area contributed by atoms with E-state index < -0.39 is 0 Å². The van der Waals surface area contributed by atoms with Crippen molar-refractivity contribution in [2.45, 2.75) is 0 Å². The van der Waals surface area contributed by atoms with E-state index in [4.69, 9.17) is 10.5 Å². The number of hydrogen-bond acceptors (Lipinski definition) is 3. The van der Waals surface area contributed by atoms with Crippen molar-refractivity contribution in [3.05, 3.63) is 36.7 Å². The lowest BCUT2D eigenvalue weighted by Crippen LogP contribution is -2.10. The summed E-state index contributed by atoms with van der Waals surface area (Å²) in [6, 6.07) is 7.85. The zero-order valence-electron chi connectivity index (χ0n) is 7.81. The van der Waals surface area contributed by atoms with Crippen LogP contribution in [0.3, 0.4) is 0 Å². The van der Waals surface area contributed by atoms with Crippen molar-refractivity contribution in [1.29, 1.82) is 0 Å². The molecule has 0 aliphatic rings. The Labute approximate surface area is 82.5 Å². The average Bonchev–Trinajstić information content (AvgIpc) is 2.26. The van der Waals surface area contributed by atoms with Gasteiger partial charge in [-0.25, -0.2) is 0 Å². The Morgan fingerprint density at radius 1 is 1.29 bits per heavy atom. The highest BCUT2D eigenvalue weighted by Crippen LogP contribution is 2.23. The minimum absolute atomic E-state index is 0.529. The first-order valence-corrected chi connectivity index (χ1v) is 4.57. The van der Waals surface area contributed by atoms with Gasteiger partial charge in [0.15, 0.2) is 0 Å². The van der Waals surface area contributed by atoms with Gasteiger partial charge in [-0.15, -0.1) is 0 Å². The lowest BCUT2D eigenvalue weighted by Gasteiger charge is -2.07. The van der Waals surface area contributed by atoms with Gasteiger partial charge in [0.2, 0.25) is 0 Å². The van der Waals surface area contributed by atoms with Crippen LogP contribution in [0.15, 0.2) is 36.7 Å². The minimum atomic E-state index is 0.529. The summed E-state index contributed by atoms with van der Waals surface area (Å²) in [6.07, 6.45) is 3.59. The van der Waals surface area contributed by atoms with Gasteiger partial charge in [-0.3, -0.25) is 4.98 Å². The third kappa shape index (κ3) is 1.67. The zero-order valence-corrected chi connectivity index (χ0v) is 7.81. The molecule has 1 aromatic carbocycles. The molecule has 72 valence electrons. The summed E-state index contributed by atoms with van der Waals surface area (Å²) in [4.78, 5) is 4.05. The van der Waals surface area contributed by atoms with Crippen LogP contribution in [0.25, 0.3) is 10.8 Å². The largest absolute Gasteiger partial charge is 0.492 e. The van der Waals surface area contributed by atoms with Crippen molar-refractivity contribution in [2.24, 2.45) is 5.73 Å². The number of ether oxygens (including phenoxy) is 1. The number of rotatable bonds is 3. The molecule has 0 saturated carbocycles. The lowest BCUT2D eigenvalue weighted by molar-refractivity contribution is 0.332. The highest BCUT2D eigenvalue weighted by molar-refractivity contribution is 5.87. The molecule has 0 unspecified atom stereocenters. The number of fused-ring (bicyclic) bond motifs is 1. The molecule has 2 aromatic rings. The van der Waals surface area contributed by atoms with Crippen LogP contribution < -0.4 is 10.5 Å². The molecule has 3 heteroatoms. The van der Waals surface area contributed by atoms with Crippen molar-refractivity contribution < 1.29 is 4.74 Å². The first-order valence-electron chi connectivity index (χ1n) is 4.57. The molecule has 0 bridgehead atoms. The smallest absolute Gasteiger partial charge is 0.127 e. The fourth-order valence-electron chi connectivity index (χ4n) is 1.39. The van der Waals surface area contributed by atoms with Crippen LogP contribution in [0.1, 0.15) is 0 Å². The molecule has 14 heavy (non-hydrogen) atoms. The number of pyridine rings is 1. The van der Waals surface area contributed by atoms with Gasteiger partial charge in [0.25, 0.3) is 0 Å². The van der Waals surface area contributed by atoms with Crippen LogP contribution in [0.4, 0.5) is 0 Å². The van der Waals surface area contributed by atoms with Crippen LogP contribution in [-0.2, 0) is 0 Å². The Kier molecular flexibility index (Phi) is 2.60. The lowest BCUT2D eigenvalue weighted by atomic mass is 10.1. The van der Waals surface area contributed by atoms with E-state index in [1.807, 2.05) is 30.5 Å². The van der Waals surface area contributed by atoms with E-state index in [1.165, 1.54) is 0 Å². The maximum Gasteiger partial charge on any atom is 0.127 e. The predicted molar refractivity (Wildman–Crippen MR) is 56.3 cm³/mol. The second kappa shape index (κ2) is 4.07. The van der Waals surface area contributed by atoms with Gasteiger partial charge in [0.1, 0.15) is 12.4 Å². The Morgan fingerprint density at radius 2 is 2.21 bits per heavy atom. The summed E-state index contributed by atoms with van der Waals surface area (Å²) in [6.45, 7) is 1.07. The van der Waals surface area contributed by atoms with Gasteiger partial charge >= 0.3 is 0 Å². The number of aromatic nitrogens is 1. The quantitative estimate of drug-likeness (QED) is 0.795. The number of benzene rings is 1. The van der Waals surface area contributed by atoms with Crippen molar-refractivity contribution in [2.75, 3.05) is 13.2 Å². The maximum atomic E-state index is 5.52. The Balaban J connectivity index is 2.43. The minimum Gasteiger partial charge on any atom is -0.492 e. The van der Waals surface area contributed by atoms with Crippen LogP contribution in [-0.4, -0.2) is 18.1 Å². The van der Waals surface area contributed by atoms with Crippen LogP contribution in [0.2, 0.25) is 0 Å². The standard InChI is InChI=1S/C11H12N2O/c12-5-7-14-11-3-1-2-9-8-13-6-4-10(9)11/h1-4,6,8H,5,7,12H2. The fraction of sp³-hybridized carbons (Fsp3) is 0.182. The molecule has 0 spiro atoms. The fourth-order valence-corrected chi connectivity index (χ4v) is 1.39. The molecule has 0 fully saturated rings. The van der Waals surface area contributed by atoms with Crippen molar-refractivity contribution in [3.63, 3.8) is 0 Å². The molecule has 2 N–H and O–H groups in total. The summed E-state index contributed by atoms with van der Waals surface area (Å²) < 4.78 is 5.52. The number of nitrogens with two attached hydrogens (primary N) is 1.